The number of piperazine rings is 1. The van der Waals surface area contributed by atoms with Crippen molar-refractivity contribution < 1.29 is 18.7 Å². The van der Waals surface area contributed by atoms with Crippen molar-refractivity contribution in [2.45, 2.75) is 13.3 Å². The molecule has 1 heterocycles. The Morgan fingerprint density at radius 1 is 1.07 bits per heavy atom. The molecule has 0 saturated carbocycles. The number of aryl methyl sites for hydroxylation is 1. The minimum atomic E-state index is -0.345. The lowest BCUT2D eigenvalue weighted by Crippen LogP contribution is -2.51. The number of rotatable bonds is 7. The third-order valence-electron chi connectivity index (χ3n) is 4.89. The Balaban J connectivity index is 1.39. The maximum Gasteiger partial charge on any atom is 0.260 e. The second kappa shape index (κ2) is 10.0. The summed E-state index contributed by atoms with van der Waals surface area (Å²) in [5.41, 5.74) is 1.99. The number of carbonyl (C=O) groups is 2. The molecule has 1 N–H and O–H groups in total. The molecule has 2 aromatic carbocycles. The molecule has 0 unspecified atom stereocenters. The minimum Gasteiger partial charge on any atom is -0.484 e. The van der Waals surface area contributed by atoms with Crippen LogP contribution < -0.4 is 10.1 Å². The third kappa shape index (κ3) is 6.29. The quantitative estimate of drug-likeness (QED) is 0.777. The number of anilines is 1. The molecule has 2 aromatic rings. The van der Waals surface area contributed by atoms with Crippen LogP contribution in [0.4, 0.5) is 10.1 Å². The summed E-state index contributed by atoms with van der Waals surface area (Å²) in [6.45, 7) is 4.64. The first-order valence-corrected chi connectivity index (χ1v) is 9.81. The van der Waals surface area contributed by atoms with Gasteiger partial charge in [0.05, 0.1) is 6.54 Å². The van der Waals surface area contributed by atoms with Crippen molar-refractivity contribution in [3.05, 3.63) is 59.9 Å². The fourth-order valence-electron chi connectivity index (χ4n) is 3.20. The first kappa shape index (κ1) is 20.8. The Morgan fingerprint density at radius 3 is 2.48 bits per heavy atom. The fourth-order valence-corrected chi connectivity index (χ4v) is 3.20. The van der Waals surface area contributed by atoms with E-state index in [0.29, 0.717) is 38.5 Å². The van der Waals surface area contributed by atoms with Crippen molar-refractivity contribution in [1.82, 2.24) is 9.80 Å². The van der Waals surface area contributed by atoms with Gasteiger partial charge < -0.3 is 15.0 Å². The third-order valence-corrected chi connectivity index (χ3v) is 4.89. The average molecular weight is 399 g/mol. The van der Waals surface area contributed by atoms with Gasteiger partial charge >= 0.3 is 0 Å². The highest BCUT2D eigenvalue weighted by molar-refractivity contribution is 5.92. The molecule has 29 heavy (non-hydrogen) atoms. The van der Waals surface area contributed by atoms with E-state index in [4.69, 9.17) is 4.74 Å². The lowest BCUT2D eigenvalue weighted by Gasteiger charge is -2.34. The summed E-state index contributed by atoms with van der Waals surface area (Å²) < 4.78 is 18.3. The summed E-state index contributed by atoms with van der Waals surface area (Å²) in [4.78, 5) is 28.4. The predicted molar refractivity (Wildman–Crippen MR) is 109 cm³/mol. The molecule has 0 bridgehead atoms. The Morgan fingerprint density at radius 2 is 1.79 bits per heavy atom. The summed E-state index contributed by atoms with van der Waals surface area (Å²) in [6, 6.07) is 13.4. The predicted octanol–water partition coefficient (Wildman–Crippen LogP) is 2.55. The zero-order valence-electron chi connectivity index (χ0n) is 16.6. The normalized spacial score (nSPS) is 14.5. The lowest BCUT2D eigenvalue weighted by molar-refractivity contribution is -0.135. The van der Waals surface area contributed by atoms with E-state index in [-0.39, 0.29) is 24.2 Å². The van der Waals surface area contributed by atoms with Crippen LogP contribution in [-0.4, -0.2) is 60.9 Å². The van der Waals surface area contributed by atoms with Crippen LogP contribution in [0, 0.1) is 5.82 Å². The van der Waals surface area contributed by atoms with Gasteiger partial charge in [0.15, 0.2) is 6.61 Å². The van der Waals surface area contributed by atoms with E-state index in [1.807, 2.05) is 29.2 Å². The molecule has 154 valence electrons. The number of benzene rings is 2. The van der Waals surface area contributed by atoms with E-state index in [2.05, 4.69) is 12.2 Å². The van der Waals surface area contributed by atoms with Crippen molar-refractivity contribution in [2.75, 3.05) is 44.6 Å². The standard InChI is InChI=1S/C22H26FN3O3/c1-2-17-4-3-5-19(14-17)24-21(27)15-25-10-12-26(13-11-25)22(28)16-29-20-8-6-18(23)7-9-20/h3-9,14H,2,10-13,15-16H2,1H3,(H,24,27). The second-order valence-corrected chi connectivity index (χ2v) is 7.00. The van der Waals surface area contributed by atoms with E-state index in [1.54, 1.807) is 4.90 Å². The summed E-state index contributed by atoms with van der Waals surface area (Å²) in [5, 5.41) is 2.93. The van der Waals surface area contributed by atoms with Gasteiger partial charge in [-0.1, -0.05) is 19.1 Å². The molecule has 2 amide bonds. The Labute approximate surface area is 170 Å². The van der Waals surface area contributed by atoms with Gasteiger partial charge in [0.1, 0.15) is 11.6 Å². The van der Waals surface area contributed by atoms with Gasteiger partial charge in [0.2, 0.25) is 5.91 Å². The SMILES string of the molecule is CCc1cccc(NC(=O)CN2CCN(C(=O)COc3ccc(F)cc3)CC2)c1. The van der Waals surface area contributed by atoms with Crippen molar-refractivity contribution in [3.8, 4) is 5.75 Å². The van der Waals surface area contributed by atoms with Gasteiger partial charge in [0, 0.05) is 31.9 Å². The van der Waals surface area contributed by atoms with Crippen LogP contribution in [0.1, 0.15) is 12.5 Å². The molecular weight excluding hydrogens is 373 g/mol. The van der Waals surface area contributed by atoms with Crippen LogP contribution >= 0.6 is 0 Å². The van der Waals surface area contributed by atoms with Crippen LogP contribution in [-0.2, 0) is 16.0 Å². The number of hydrogen-bond acceptors (Lipinski definition) is 4. The molecule has 3 rings (SSSR count). The molecule has 0 atom stereocenters. The van der Waals surface area contributed by atoms with E-state index < -0.39 is 0 Å². The Bertz CT molecular complexity index is 833. The Kier molecular flexibility index (Phi) is 7.19. The van der Waals surface area contributed by atoms with Gasteiger partial charge in [-0.25, -0.2) is 4.39 Å². The lowest BCUT2D eigenvalue weighted by atomic mass is 10.1. The van der Waals surface area contributed by atoms with Crippen LogP contribution in [0.15, 0.2) is 48.5 Å². The van der Waals surface area contributed by atoms with Crippen LogP contribution in [0.3, 0.4) is 0 Å². The summed E-state index contributed by atoms with van der Waals surface area (Å²) >= 11 is 0. The van der Waals surface area contributed by atoms with Gasteiger partial charge in [0.25, 0.3) is 5.91 Å². The van der Waals surface area contributed by atoms with Crippen molar-refractivity contribution >= 4 is 17.5 Å². The van der Waals surface area contributed by atoms with Gasteiger partial charge in [-0.2, -0.15) is 0 Å². The molecule has 0 aromatic heterocycles. The van der Waals surface area contributed by atoms with Gasteiger partial charge in [-0.05, 0) is 48.4 Å². The highest BCUT2D eigenvalue weighted by Gasteiger charge is 2.22. The summed E-state index contributed by atoms with van der Waals surface area (Å²) in [5.74, 6) is -0.0587. The molecular formula is C22H26FN3O3. The zero-order chi connectivity index (χ0) is 20.6. The zero-order valence-corrected chi connectivity index (χ0v) is 16.6. The number of carbonyl (C=O) groups excluding carboxylic acids is 2. The van der Waals surface area contributed by atoms with E-state index in [9.17, 15) is 14.0 Å². The smallest absolute Gasteiger partial charge is 0.260 e. The molecule has 1 aliphatic heterocycles. The van der Waals surface area contributed by atoms with E-state index in [0.717, 1.165) is 12.1 Å². The van der Waals surface area contributed by atoms with Gasteiger partial charge in [-0.15, -0.1) is 0 Å². The topological polar surface area (TPSA) is 61.9 Å². The largest absolute Gasteiger partial charge is 0.484 e. The molecule has 1 fully saturated rings. The summed E-state index contributed by atoms with van der Waals surface area (Å²) in [7, 11) is 0. The number of amides is 2. The van der Waals surface area contributed by atoms with Crippen LogP contribution in [0.2, 0.25) is 0 Å². The van der Waals surface area contributed by atoms with Crippen LogP contribution in [0.5, 0.6) is 5.75 Å². The van der Waals surface area contributed by atoms with Gasteiger partial charge in [-0.3, -0.25) is 14.5 Å². The Hall–Kier alpha value is -2.93. The number of halogens is 1. The number of ether oxygens (including phenoxy) is 1. The molecule has 1 saturated heterocycles. The molecule has 1 aliphatic rings. The van der Waals surface area contributed by atoms with Crippen molar-refractivity contribution in [1.29, 1.82) is 0 Å². The molecule has 0 radical (unpaired) electrons. The number of hydrogen-bond donors (Lipinski definition) is 1. The first-order valence-electron chi connectivity index (χ1n) is 9.81. The molecule has 0 aliphatic carbocycles. The number of nitrogens with one attached hydrogen (secondary N) is 1. The average Bonchev–Trinajstić information content (AvgIpc) is 2.73. The highest BCUT2D eigenvalue weighted by Crippen LogP contribution is 2.13. The molecule has 0 spiro atoms. The maximum atomic E-state index is 12.9. The van der Waals surface area contributed by atoms with Crippen LogP contribution in [0.25, 0.3) is 0 Å². The summed E-state index contributed by atoms with van der Waals surface area (Å²) in [6.07, 6.45) is 0.921. The first-order chi connectivity index (χ1) is 14.0. The maximum absolute atomic E-state index is 12.9. The van der Waals surface area contributed by atoms with Crippen molar-refractivity contribution in [2.24, 2.45) is 0 Å². The molecule has 7 heteroatoms. The molecule has 6 nitrogen and oxygen atoms in total. The highest BCUT2D eigenvalue weighted by atomic mass is 19.1. The van der Waals surface area contributed by atoms with E-state index in [1.165, 1.54) is 29.8 Å². The fraction of sp³-hybridized carbons (Fsp3) is 0.364. The monoisotopic (exact) mass is 399 g/mol. The van der Waals surface area contributed by atoms with E-state index >= 15 is 0 Å². The minimum absolute atomic E-state index is 0.0577. The van der Waals surface area contributed by atoms with Crippen molar-refractivity contribution in [3.63, 3.8) is 0 Å². The number of nitrogens with zero attached hydrogens (tertiary/aromatic N) is 2. The second-order valence-electron chi connectivity index (χ2n) is 7.00.